The number of hydrogen-bond donors (Lipinski definition) is 2. The van der Waals surface area contributed by atoms with E-state index >= 15 is 0 Å². The predicted octanol–water partition coefficient (Wildman–Crippen LogP) is 4.68. The molecule has 43 heavy (non-hydrogen) atoms. The van der Waals surface area contributed by atoms with E-state index in [2.05, 4.69) is 15.8 Å². The van der Waals surface area contributed by atoms with Crippen LogP contribution < -0.4 is 24.5 Å². The van der Waals surface area contributed by atoms with Gasteiger partial charge in [0.15, 0.2) is 6.61 Å². The molecular formula is C32H32N4O6S. The summed E-state index contributed by atoms with van der Waals surface area (Å²) in [4.78, 5) is 25.1. The molecule has 0 aliphatic rings. The zero-order valence-electron chi connectivity index (χ0n) is 24.0. The van der Waals surface area contributed by atoms with Crippen LogP contribution in [0.15, 0.2) is 107 Å². The molecule has 0 atom stereocenters. The molecule has 4 aromatic carbocycles. The van der Waals surface area contributed by atoms with Crippen molar-refractivity contribution in [1.29, 1.82) is 0 Å². The summed E-state index contributed by atoms with van der Waals surface area (Å²) in [5.41, 5.74) is 5.84. The Morgan fingerprint density at radius 1 is 0.860 bits per heavy atom. The van der Waals surface area contributed by atoms with Crippen molar-refractivity contribution in [2.45, 2.75) is 18.7 Å². The van der Waals surface area contributed by atoms with Crippen LogP contribution >= 0.6 is 0 Å². The van der Waals surface area contributed by atoms with Crippen molar-refractivity contribution >= 4 is 39.4 Å². The summed E-state index contributed by atoms with van der Waals surface area (Å²) >= 11 is 0. The second kappa shape index (κ2) is 14.1. The lowest BCUT2D eigenvalue weighted by atomic mass is 10.2. The van der Waals surface area contributed by atoms with Crippen LogP contribution in [0.25, 0.3) is 0 Å². The lowest BCUT2D eigenvalue weighted by Crippen LogP contribution is -2.39. The van der Waals surface area contributed by atoms with Gasteiger partial charge in [-0.1, -0.05) is 42.0 Å². The van der Waals surface area contributed by atoms with Crippen molar-refractivity contribution in [3.05, 3.63) is 114 Å². The number of sulfonamides is 1. The Bertz CT molecular complexity index is 1690. The lowest BCUT2D eigenvalue weighted by Gasteiger charge is -2.25. The lowest BCUT2D eigenvalue weighted by molar-refractivity contribution is -0.119. The van der Waals surface area contributed by atoms with Crippen molar-refractivity contribution in [1.82, 2.24) is 5.43 Å². The van der Waals surface area contributed by atoms with E-state index in [1.165, 1.54) is 25.5 Å². The van der Waals surface area contributed by atoms with Crippen molar-refractivity contribution in [3.63, 3.8) is 0 Å². The fraction of sp³-hybridized carbons (Fsp3) is 0.156. The number of ether oxygens (including phenoxy) is 2. The van der Waals surface area contributed by atoms with Gasteiger partial charge in [-0.3, -0.25) is 13.9 Å². The third kappa shape index (κ3) is 8.43. The monoisotopic (exact) mass is 600 g/mol. The van der Waals surface area contributed by atoms with Gasteiger partial charge < -0.3 is 14.8 Å². The summed E-state index contributed by atoms with van der Waals surface area (Å²) in [7, 11) is -2.68. The fourth-order valence-electron chi connectivity index (χ4n) is 3.99. The van der Waals surface area contributed by atoms with E-state index in [0.29, 0.717) is 22.7 Å². The van der Waals surface area contributed by atoms with E-state index in [-0.39, 0.29) is 23.1 Å². The molecule has 11 heteroatoms. The van der Waals surface area contributed by atoms with Gasteiger partial charge in [-0.2, -0.15) is 5.10 Å². The first-order valence-electron chi connectivity index (χ1n) is 13.3. The smallest absolute Gasteiger partial charge is 0.264 e. The molecule has 4 aromatic rings. The van der Waals surface area contributed by atoms with Gasteiger partial charge in [-0.05, 0) is 85.6 Å². The number of nitrogens with zero attached hydrogens (tertiary/aromatic N) is 2. The maximum Gasteiger partial charge on any atom is 0.264 e. The molecular weight excluding hydrogens is 568 g/mol. The van der Waals surface area contributed by atoms with E-state index in [9.17, 15) is 18.0 Å². The van der Waals surface area contributed by atoms with Gasteiger partial charge >= 0.3 is 0 Å². The van der Waals surface area contributed by atoms with E-state index in [1.54, 1.807) is 60.7 Å². The summed E-state index contributed by atoms with van der Waals surface area (Å²) in [5.74, 6) is -0.159. The van der Waals surface area contributed by atoms with E-state index < -0.39 is 22.5 Å². The number of anilines is 2. The Balaban J connectivity index is 1.38. The summed E-state index contributed by atoms with van der Waals surface area (Å²) in [6.45, 7) is 3.09. The average molecular weight is 601 g/mol. The van der Waals surface area contributed by atoms with Gasteiger partial charge in [-0.15, -0.1) is 0 Å². The zero-order valence-corrected chi connectivity index (χ0v) is 24.8. The first kappa shape index (κ1) is 30.8. The van der Waals surface area contributed by atoms with Crippen molar-refractivity contribution in [3.8, 4) is 11.5 Å². The minimum atomic E-state index is -4.11. The predicted molar refractivity (Wildman–Crippen MR) is 166 cm³/mol. The highest BCUT2D eigenvalue weighted by molar-refractivity contribution is 7.92. The van der Waals surface area contributed by atoms with Crippen LogP contribution in [0.3, 0.4) is 0 Å². The number of nitrogens with one attached hydrogen (secondary N) is 2. The Morgan fingerprint density at radius 3 is 2.21 bits per heavy atom. The highest BCUT2D eigenvalue weighted by atomic mass is 32.2. The number of methoxy groups -OCH3 is 1. The SMILES string of the molecule is COc1ccc(C)cc1N(CC(=O)N/N=C\c1ccc(OCC(=O)Nc2ccc(C)cc2)cc1)S(=O)(=O)c1ccccc1. The molecule has 0 radical (unpaired) electrons. The van der Waals surface area contributed by atoms with Gasteiger partial charge in [0, 0.05) is 5.69 Å². The molecule has 0 unspecified atom stereocenters. The number of carbonyl (C=O) groups excluding carboxylic acids is 2. The molecule has 10 nitrogen and oxygen atoms in total. The molecule has 0 aromatic heterocycles. The van der Waals surface area contributed by atoms with Crippen LogP contribution in [0.5, 0.6) is 11.5 Å². The average Bonchev–Trinajstić information content (AvgIpc) is 3.01. The highest BCUT2D eigenvalue weighted by Gasteiger charge is 2.29. The summed E-state index contributed by atoms with van der Waals surface area (Å²) < 4.78 is 39.1. The second-order valence-corrected chi connectivity index (χ2v) is 11.4. The number of hydrogen-bond acceptors (Lipinski definition) is 7. The maximum atomic E-state index is 13.6. The first-order chi connectivity index (χ1) is 20.7. The number of aryl methyl sites for hydroxylation is 2. The van der Waals surface area contributed by atoms with Crippen LogP contribution in [0, 0.1) is 13.8 Å². The summed E-state index contributed by atoms with van der Waals surface area (Å²) in [5, 5.41) is 6.75. The molecule has 0 spiro atoms. The topological polar surface area (TPSA) is 126 Å². The molecule has 0 aliphatic carbocycles. The number of carbonyl (C=O) groups is 2. The third-order valence-corrected chi connectivity index (χ3v) is 7.98. The van der Waals surface area contributed by atoms with Crippen LogP contribution in [0.4, 0.5) is 11.4 Å². The van der Waals surface area contributed by atoms with Gasteiger partial charge in [0.1, 0.15) is 18.0 Å². The Kier molecular flexibility index (Phi) is 10.1. The number of amides is 2. The number of benzene rings is 4. The highest BCUT2D eigenvalue weighted by Crippen LogP contribution is 2.33. The maximum absolute atomic E-state index is 13.6. The Hall–Kier alpha value is -5.16. The molecule has 0 fully saturated rings. The standard InChI is InChI=1S/C32H32N4O6S/c1-23-9-14-26(15-10-23)34-32(38)22-42-27-16-12-25(13-17-27)20-33-35-31(37)21-36(29-19-24(2)11-18-30(29)41-3)43(39,40)28-7-5-4-6-8-28/h4-20H,21-22H2,1-3H3,(H,34,38)(H,35,37)/b33-20-. The van der Waals surface area contributed by atoms with E-state index in [0.717, 1.165) is 15.4 Å². The Labute approximate surface area is 251 Å². The van der Waals surface area contributed by atoms with E-state index in [1.807, 2.05) is 38.1 Å². The summed E-state index contributed by atoms with van der Waals surface area (Å²) in [6, 6.07) is 27.1. The molecule has 0 bridgehead atoms. The first-order valence-corrected chi connectivity index (χ1v) is 14.7. The molecule has 2 amide bonds. The molecule has 0 saturated carbocycles. The van der Waals surface area contributed by atoms with Crippen molar-refractivity contribution in [2.75, 3.05) is 29.9 Å². The molecule has 4 rings (SSSR count). The quantitative estimate of drug-likeness (QED) is 0.180. The van der Waals surface area contributed by atoms with Crippen molar-refractivity contribution in [2.24, 2.45) is 5.10 Å². The van der Waals surface area contributed by atoms with Crippen LogP contribution in [-0.4, -0.2) is 46.7 Å². The van der Waals surface area contributed by atoms with Gasteiger partial charge in [0.2, 0.25) is 0 Å². The van der Waals surface area contributed by atoms with Gasteiger partial charge in [0.05, 0.1) is 23.9 Å². The fourth-order valence-corrected chi connectivity index (χ4v) is 5.44. The molecule has 0 heterocycles. The van der Waals surface area contributed by atoms with Gasteiger partial charge in [-0.25, -0.2) is 13.8 Å². The molecule has 0 saturated heterocycles. The van der Waals surface area contributed by atoms with Crippen LogP contribution in [0.1, 0.15) is 16.7 Å². The second-order valence-electron chi connectivity index (χ2n) is 9.57. The minimum Gasteiger partial charge on any atom is -0.495 e. The number of hydrazone groups is 1. The van der Waals surface area contributed by atoms with Crippen LogP contribution in [0.2, 0.25) is 0 Å². The van der Waals surface area contributed by atoms with Gasteiger partial charge in [0.25, 0.3) is 21.8 Å². The zero-order chi connectivity index (χ0) is 30.8. The molecule has 2 N–H and O–H groups in total. The van der Waals surface area contributed by atoms with Crippen molar-refractivity contribution < 1.29 is 27.5 Å². The normalized spacial score (nSPS) is 11.1. The molecule has 0 aliphatic heterocycles. The Morgan fingerprint density at radius 2 is 1.53 bits per heavy atom. The third-order valence-electron chi connectivity index (χ3n) is 6.21. The van der Waals surface area contributed by atoms with E-state index in [4.69, 9.17) is 9.47 Å². The minimum absolute atomic E-state index is 0.0322. The molecule has 222 valence electrons. The number of rotatable bonds is 12. The summed E-state index contributed by atoms with van der Waals surface area (Å²) in [6.07, 6.45) is 1.41. The largest absolute Gasteiger partial charge is 0.495 e. The van der Waals surface area contributed by atoms with Crippen LogP contribution in [-0.2, 0) is 19.6 Å².